The van der Waals surface area contributed by atoms with Gasteiger partial charge in [0.15, 0.2) is 0 Å². The van der Waals surface area contributed by atoms with Gasteiger partial charge in [0.1, 0.15) is 17.4 Å². The van der Waals surface area contributed by atoms with E-state index in [1.54, 1.807) is 32.6 Å². The first-order valence-electron chi connectivity index (χ1n) is 15.5. The highest BCUT2D eigenvalue weighted by Crippen LogP contribution is 2.17. The van der Waals surface area contributed by atoms with Crippen LogP contribution in [0.1, 0.15) is 24.1 Å². The van der Waals surface area contributed by atoms with Gasteiger partial charge in [-0.3, -0.25) is 14.9 Å². The number of hydrogen-bond acceptors (Lipinski definition) is 11. The number of carbonyl (C=O) groups excluding carboxylic acids is 1. The average Bonchev–Trinajstić information content (AvgIpc) is 3.08. The number of carbonyl (C=O) groups is 1. The molecule has 0 fully saturated rings. The monoisotopic (exact) mass is 708 g/mol. The normalized spacial score (nSPS) is 9.59. The molecule has 0 aliphatic carbocycles. The third-order valence-corrected chi connectivity index (χ3v) is 7.05. The highest BCUT2D eigenvalue weighted by atomic mass is 19.1. The van der Waals surface area contributed by atoms with Gasteiger partial charge in [0.2, 0.25) is 0 Å². The Hall–Kier alpha value is -4.41. The zero-order valence-corrected chi connectivity index (χ0v) is 28.4. The molecule has 0 unspecified atom stereocenters. The lowest BCUT2D eigenvalue weighted by molar-refractivity contribution is -0.383. The lowest BCUT2D eigenvalue weighted by Crippen LogP contribution is -2.31. The number of nitrogens with zero attached hydrogens (tertiary/aromatic N) is 1. The van der Waals surface area contributed by atoms with Gasteiger partial charge in [0, 0.05) is 25.1 Å². The Morgan fingerprint density at radius 1 is 0.706 bits per heavy atom. The molecule has 18 heteroatoms. The van der Waals surface area contributed by atoms with Crippen molar-refractivity contribution in [3.8, 4) is 5.75 Å². The number of rotatable bonds is 10. The fraction of sp³-hybridized carbons (Fsp3) is 0.242. The molecular weight excluding hydrogens is 662 g/mol. The Bertz CT molecular complexity index is 1670. The molecule has 0 aliphatic rings. The third-order valence-electron chi connectivity index (χ3n) is 7.05. The molecule has 0 aromatic heterocycles. The van der Waals surface area contributed by atoms with Crippen molar-refractivity contribution >= 4 is 61.7 Å². The minimum atomic E-state index is -0.948. The molecule has 0 amide bonds. The van der Waals surface area contributed by atoms with E-state index in [-0.39, 0.29) is 49.0 Å². The van der Waals surface area contributed by atoms with E-state index in [9.17, 15) is 43.8 Å². The van der Waals surface area contributed by atoms with E-state index in [2.05, 4.69) is 4.74 Å². The lowest BCUT2D eigenvalue weighted by atomic mass is 9.62. The number of nitro groups is 1. The van der Waals surface area contributed by atoms with Gasteiger partial charge in [-0.1, -0.05) is 77.2 Å². The first kappa shape index (κ1) is 46.6. The van der Waals surface area contributed by atoms with Crippen molar-refractivity contribution in [3.05, 3.63) is 117 Å². The Kier molecular flexibility index (Phi) is 21.8. The van der Waals surface area contributed by atoms with Crippen molar-refractivity contribution in [2.75, 3.05) is 0 Å². The van der Waals surface area contributed by atoms with Crippen molar-refractivity contribution in [2.24, 2.45) is 17.2 Å². The smallest absolute Gasteiger partial charge is 0.327 e. The van der Waals surface area contributed by atoms with Gasteiger partial charge >= 0.3 is 27.7 Å². The molecule has 0 bridgehead atoms. The second-order valence-corrected chi connectivity index (χ2v) is 10.9. The molecule has 0 aliphatic heterocycles. The van der Waals surface area contributed by atoms with Gasteiger partial charge in [-0.15, -0.1) is 0 Å². The van der Waals surface area contributed by atoms with E-state index in [0.717, 1.165) is 22.7 Å². The van der Waals surface area contributed by atoms with Crippen LogP contribution >= 0.6 is 0 Å². The summed E-state index contributed by atoms with van der Waals surface area (Å²) in [6.07, 6.45) is 0. The number of hydrogen-bond donors (Lipinski definition) is 7. The van der Waals surface area contributed by atoms with Crippen LogP contribution in [0.25, 0.3) is 0 Å². The SMILES string of the molecule is C.CB(O)c1cc(F)ccc1CN.CB(O)c1ccc(F)cc1CN.CB(O)c1ccc(OC=O)cc1[N+](=O)[O-].CB(O)c1cccc(CN)c1. The maximum Gasteiger partial charge on any atom is 0.327 e. The van der Waals surface area contributed by atoms with E-state index in [0.29, 0.717) is 29.6 Å². The Balaban J connectivity index is 0.000000654. The van der Waals surface area contributed by atoms with Crippen LogP contribution in [0.3, 0.4) is 0 Å². The fourth-order valence-electron chi connectivity index (χ4n) is 4.44. The first-order valence-corrected chi connectivity index (χ1v) is 15.5. The summed E-state index contributed by atoms with van der Waals surface area (Å²) in [6.45, 7) is 5.05. The Morgan fingerprint density at radius 2 is 1.25 bits per heavy atom. The van der Waals surface area contributed by atoms with Crippen molar-refractivity contribution < 1.29 is 43.3 Å². The summed E-state index contributed by atoms with van der Waals surface area (Å²) in [4.78, 5) is 20.0. The fourth-order valence-corrected chi connectivity index (χ4v) is 4.44. The van der Waals surface area contributed by atoms with Crippen LogP contribution in [0, 0.1) is 21.7 Å². The van der Waals surface area contributed by atoms with Crippen molar-refractivity contribution in [1.29, 1.82) is 0 Å². The van der Waals surface area contributed by atoms with Crippen LogP contribution in [0.15, 0.2) is 78.9 Å². The summed E-state index contributed by atoms with van der Waals surface area (Å²) in [7, 11) is 0. The highest BCUT2D eigenvalue weighted by molar-refractivity contribution is 6.66. The van der Waals surface area contributed by atoms with Crippen molar-refractivity contribution in [2.45, 2.75) is 54.4 Å². The number of halogens is 2. The van der Waals surface area contributed by atoms with Gasteiger partial charge in [0.25, 0.3) is 12.2 Å². The molecule has 10 N–H and O–H groups in total. The van der Waals surface area contributed by atoms with E-state index in [1.807, 2.05) is 24.3 Å². The molecule has 0 saturated heterocycles. The van der Waals surface area contributed by atoms with Crippen LogP contribution in [0.5, 0.6) is 5.75 Å². The molecule has 272 valence electrons. The molecule has 4 rings (SSSR count). The first-order chi connectivity index (χ1) is 23.6. The van der Waals surface area contributed by atoms with Gasteiger partial charge in [0.05, 0.1) is 11.0 Å². The molecular formula is C33H46B4F2N4O8. The molecule has 0 saturated carbocycles. The average molecular weight is 708 g/mol. The minimum absolute atomic E-state index is 0. The standard InChI is InChI=1S/2C8H11BFNO.C8H8BNO5.C8H12BNO.CH4/c1-9(12)8-3-2-7(10)4-6(8)5-11;1-9(12)8-4-7(10)3-2-6(8)5-11;1-9(12)7-3-2-6(15-5-11)4-8(7)10(13)14;1-9(11)8-4-2-3-7(5-8)6-10;/h2*2-4,12H,5,11H2,1H3;2-5,12H,1H3;2-5,11H,6,10H2,1H3;1H4. The highest BCUT2D eigenvalue weighted by Gasteiger charge is 2.21. The Labute approximate surface area is 299 Å². The van der Waals surface area contributed by atoms with Crippen LogP contribution in [-0.4, -0.2) is 59.2 Å². The van der Waals surface area contributed by atoms with E-state index >= 15 is 0 Å². The van der Waals surface area contributed by atoms with Gasteiger partial charge in [-0.05, 0) is 63.4 Å². The summed E-state index contributed by atoms with van der Waals surface area (Å²) < 4.78 is 29.8. The molecule has 4 aromatic carbocycles. The predicted octanol–water partition coefficient (Wildman–Crippen LogP) is 0.763. The van der Waals surface area contributed by atoms with E-state index in [1.165, 1.54) is 43.2 Å². The summed E-state index contributed by atoms with van der Waals surface area (Å²) in [5, 5.41) is 47.6. The van der Waals surface area contributed by atoms with Crippen LogP contribution in [0.4, 0.5) is 14.5 Å². The predicted molar refractivity (Wildman–Crippen MR) is 203 cm³/mol. The summed E-state index contributed by atoms with van der Waals surface area (Å²) in [5.41, 5.74) is 20.8. The quantitative estimate of drug-likeness (QED) is 0.0527. The zero-order chi connectivity index (χ0) is 38.0. The second kappa shape index (κ2) is 23.9. The second-order valence-electron chi connectivity index (χ2n) is 10.9. The third kappa shape index (κ3) is 16.0. The van der Waals surface area contributed by atoms with Gasteiger partial charge in [-0.25, -0.2) is 8.78 Å². The molecule has 0 radical (unpaired) electrons. The van der Waals surface area contributed by atoms with E-state index in [4.69, 9.17) is 17.2 Å². The number of ether oxygens (including phenoxy) is 1. The maximum atomic E-state index is 12.7. The number of nitrogens with two attached hydrogens (primary N) is 3. The van der Waals surface area contributed by atoms with E-state index < -0.39 is 32.6 Å². The number of nitro benzene ring substituents is 1. The van der Waals surface area contributed by atoms with Gasteiger partial charge < -0.3 is 42.0 Å². The summed E-state index contributed by atoms with van der Waals surface area (Å²) in [6, 6.07) is 20.0. The summed E-state index contributed by atoms with van der Waals surface area (Å²) in [5.74, 6) is -0.593. The molecule has 0 atom stereocenters. The maximum absolute atomic E-state index is 12.7. The molecule has 12 nitrogen and oxygen atoms in total. The minimum Gasteiger partial charge on any atom is -0.447 e. The molecule has 0 spiro atoms. The Morgan fingerprint density at radius 3 is 1.75 bits per heavy atom. The number of benzene rings is 4. The van der Waals surface area contributed by atoms with Crippen molar-refractivity contribution in [3.63, 3.8) is 0 Å². The van der Waals surface area contributed by atoms with Crippen molar-refractivity contribution in [1.82, 2.24) is 0 Å². The molecule has 4 aromatic rings. The topological polar surface area (TPSA) is 228 Å². The zero-order valence-electron chi connectivity index (χ0n) is 28.4. The van der Waals surface area contributed by atoms with Gasteiger partial charge in [-0.2, -0.15) is 0 Å². The van der Waals surface area contributed by atoms with Crippen LogP contribution in [-0.2, 0) is 24.4 Å². The molecule has 51 heavy (non-hydrogen) atoms. The van der Waals surface area contributed by atoms with Crippen LogP contribution in [0.2, 0.25) is 27.3 Å². The van der Waals surface area contributed by atoms with Crippen LogP contribution < -0.4 is 43.8 Å². The largest absolute Gasteiger partial charge is 0.447 e. The molecule has 0 heterocycles. The lowest BCUT2D eigenvalue weighted by Gasteiger charge is -2.07. The summed E-state index contributed by atoms with van der Waals surface area (Å²) >= 11 is 0.